The second-order valence-corrected chi connectivity index (χ2v) is 7.00. The number of ether oxygens (including phenoxy) is 3. The zero-order chi connectivity index (χ0) is 15.5. The second kappa shape index (κ2) is 6.34. The third-order valence-corrected chi connectivity index (χ3v) is 5.58. The predicted molar refractivity (Wildman–Crippen MR) is 89.4 cm³/mol. The molecule has 0 bridgehead atoms. The van der Waals surface area contributed by atoms with Gasteiger partial charge >= 0.3 is 135 Å². The first kappa shape index (κ1) is 14.8. The van der Waals surface area contributed by atoms with Gasteiger partial charge in [0.2, 0.25) is 0 Å². The number of para-hydroxylation sites is 1. The number of aromatic nitrogens is 1. The van der Waals surface area contributed by atoms with Gasteiger partial charge in [0, 0.05) is 0 Å². The topological polar surface area (TPSA) is 43.5 Å². The first-order chi connectivity index (χ1) is 10.8. The Morgan fingerprint density at radius 1 is 0.909 bits per heavy atom. The van der Waals surface area contributed by atoms with E-state index in [1.165, 1.54) is 14.3 Å². The van der Waals surface area contributed by atoms with Gasteiger partial charge in [-0.1, -0.05) is 0 Å². The summed E-state index contributed by atoms with van der Waals surface area (Å²) < 4.78 is 18.7. The number of H-pyrrole nitrogens is 1. The molecule has 0 aliphatic heterocycles. The number of nitrogens with one attached hydrogen (secondary N) is 1. The molecule has 0 aliphatic rings. The molecule has 2 aromatic carbocycles. The van der Waals surface area contributed by atoms with Crippen molar-refractivity contribution in [1.82, 2.24) is 4.98 Å². The molecule has 0 spiro atoms. The van der Waals surface area contributed by atoms with Crippen LogP contribution in [0.3, 0.4) is 0 Å². The Labute approximate surface area is 135 Å². The van der Waals surface area contributed by atoms with Crippen LogP contribution < -0.4 is 23.1 Å². The number of hydrogen-bond donors (Lipinski definition) is 1. The Morgan fingerprint density at radius 3 is 2.23 bits per heavy atom. The van der Waals surface area contributed by atoms with Crippen LogP contribution in [0.2, 0.25) is 0 Å². The summed E-state index contributed by atoms with van der Waals surface area (Å²) >= 11 is 0.145. The molecule has 0 unspecified atom stereocenters. The molecule has 0 atom stereocenters. The summed E-state index contributed by atoms with van der Waals surface area (Å²) in [6.45, 7) is 0. The van der Waals surface area contributed by atoms with Gasteiger partial charge in [-0.05, 0) is 0 Å². The van der Waals surface area contributed by atoms with Crippen LogP contribution >= 0.6 is 0 Å². The van der Waals surface area contributed by atoms with Crippen molar-refractivity contribution in [1.29, 1.82) is 0 Å². The molecule has 1 heterocycles. The van der Waals surface area contributed by atoms with Crippen molar-refractivity contribution in [3.8, 4) is 17.2 Å². The fourth-order valence-electron chi connectivity index (χ4n) is 2.37. The van der Waals surface area contributed by atoms with E-state index in [9.17, 15) is 0 Å². The number of hydrogen-bond acceptors (Lipinski definition) is 3. The van der Waals surface area contributed by atoms with Gasteiger partial charge in [0.05, 0.1) is 0 Å². The summed E-state index contributed by atoms with van der Waals surface area (Å²) in [5.74, 6) is 2.01. The number of benzene rings is 2. The summed E-state index contributed by atoms with van der Waals surface area (Å²) in [6.07, 6.45) is 2.08. The Morgan fingerprint density at radius 2 is 1.59 bits per heavy atom. The first-order valence-corrected chi connectivity index (χ1v) is 8.52. The van der Waals surface area contributed by atoms with Gasteiger partial charge in [-0.2, -0.15) is 0 Å². The van der Waals surface area contributed by atoms with Crippen molar-refractivity contribution < 1.29 is 14.2 Å². The van der Waals surface area contributed by atoms with E-state index in [2.05, 4.69) is 29.4 Å². The molecule has 0 saturated heterocycles. The van der Waals surface area contributed by atoms with E-state index in [1.54, 1.807) is 21.3 Å². The van der Waals surface area contributed by atoms with Crippen molar-refractivity contribution in [2.24, 2.45) is 0 Å². The van der Waals surface area contributed by atoms with Crippen molar-refractivity contribution in [3.63, 3.8) is 0 Å². The van der Waals surface area contributed by atoms with Crippen LogP contribution in [0.4, 0.5) is 0 Å². The van der Waals surface area contributed by atoms with Crippen LogP contribution in [-0.4, -0.2) is 41.3 Å². The van der Waals surface area contributed by atoms with Gasteiger partial charge in [-0.25, -0.2) is 0 Å². The average molecular weight is 362 g/mol. The molecular formula is C17H17NO3Se. The van der Waals surface area contributed by atoms with Crippen molar-refractivity contribution >= 4 is 34.8 Å². The monoisotopic (exact) mass is 363 g/mol. The van der Waals surface area contributed by atoms with Gasteiger partial charge < -0.3 is 0 Å². The molecule has 1 aromatic heterocycles. The predicted octanol–water partition coefficient (Wildman–Crippen LogP) is 1.85. The zero-order valence-electron chi connectivity index (χ0n) is 12.7. The quantitative estimate of drug-likeness (QED) is 0.705. The Kier molecular flexibility index (Phi) is 4.27. The summed E-state index contributed by atoms with van der Waals surface area (Å²) in [6, 6.07) is 12.4. The molecule has 0 aliphatic carbocycles. The average Bonchev–Trinajstić information content (AvgIpc) is 2.97. The van der Waals surface area contributed by atoms with Crippen molar-refractivity contribution in [3.05, 3.63) is 42.6 Å². The van der Waals surface area contributed by atoms with Gasteiger partial charge in [0.25, 0.3) is 0 Å². The van der Waals surface area contributed by atoms with E-state index >= 15 is 0 Å². The molecule has 0 radical (unpaired) electrons. The molecule has 22 heavy (non-hydrogen) atoms. The molecule has 4 nitrogen and oxygen atoms in total. The normalized spacial score (nSPS) is 10.7. The van der Waals surface area contributed by atoms with Crippen molar-refractivity contribution in [2.75, 3.05) is 21.3 Å². The number of fused-ring (bicyclic) bond motifs is 1. The van der Waals surface area contributed by atoms with E-state index in [4.69, 9.17) is 14.2 Å². The van der Waals surface area contributed by atoms with Gasteiger partial charge in [0.15, 0.2) is 0 Å². The van der Waals surface area contributed by atoms with Crippen LogP contribution in [-0.2, 0) is 0 Å². The van der Waals surface area contributed by atoms with E-state index in [0.29, 0.717) is 17.2 Å². The van der Waals surface area contributed by atoms with Crippen LogP contribution in [0.15, 0.2) is 42.6 Å². The number of methoxy groups -OCH3 is 3. The summed E-state index contributed by atoms with van der Waals surface area (Å²) in [7, 11) is 4.89. The Hall–Kier alpha value is -2.10. The number of aromatic amines is 1. The van der Waals surface area contributed by atoms with Crippen LogP contribution in [0.25, 0.3) is 10.9 Å². The molecule has 0 amide bonds. The molecule has 114 valence electrons. The third kappa shape index (κ3) is 2.65. The molecule has 5 heteroatoms. The standard InChI is InChI=1S/C17H17NO3Se/c1-19-14-8-11(9-15(20-2)17(14)21-3)22-16-10-18-13-7-5-4-6-12(13)16/h4-10,18H,1-3H3. The molecule has 1 N–H and O–H groups in total. The van der Waals surface area contributed by atoms with E-state index < -0.39 is 0 Å². The van der Waals surface area contributed by atoms with Crippen LogP contribution in [0, 0.1) is 0 Å². The Bertz CT molecular complexity index is 772. The Balaban J connectivity index is 2.01. The first-order valence-electron chi connectivity index (χ1n) is 6.80. The van der Waals surface area contributed by atoms with E-state index in [-0.39, 0.29) is 15.0 Å². The van der Waals surface area contributed by atoms with Crippen LogP contribution in [0.5, 0.6) is 17.2 Å². The zero-order valence-corrected chi connectivity index (χ0v) is 14.4. The van der Waals surface area contributed by atoms with E-state index in [0.717, 1.165) is 5.52 Å². The molecular weight excluding hydrogens is 345 g/mol. The summed E-state index contributed by atoms with van der Waals surface area (Å²) in [5.41, 5.74) is 1.16. The molecule has 0 fully saturated rings. The van der Waals surface area contributed by atoms with Crippen molar-refractivity contribution in [2.45, 2.75) is 0 Å². The summed E-state index contributed by atoms with van der Waals surface area (Å²) in [5, 5.41) is 1.26. The number of rotatable bonds is 5. The molecule has 0 saturated carbocycles. The minimum absolute atomic E-state index is 0.145. The molecule has 3 rings (SSSR count). The minimum atomic E-state index is 0.145. The van der Waals surface area contributed by atoms with E-state index in [1.807, 2.05) is 18.2 Å². The van der Waals surface area contributed by atoms with Crippen LogP contribution in [0.1, 0.15) is 0 Å². The maximum atomic E-state index is 5.42. The van der Waals surface area contributed by atoms with Gasteiger partial charge in [0.1, 0.15) is 0 Å². The third-order valence-electron chi connectivity index (χ3n) is 3.42. The maximum absolute atomic E-state index is 5.42. The van der Waals surface area contributed by atoms with Gasteiger partial charge in [-0.15, -0.1) is 0 Å². The summed E-state index contributed by atoms with van der Waals surface area (Å²) in [4.78, 5) is 3.32. The fourth-order valence-corrected chi connectivity index (χ4v) is 4.45. The SMILES string of the molecule is COc1cc([Se]c2c[nH]c3ccccc23)cc(OC)c1OC. The second-order valence-electron chi connectivity index (χ2n) is 4.66. The molecule has 3 aromatic rings. The van der Waals surface area contributed by atoms with Gasteiger partial charge in [-0.3, -0.25) is 0 Å². The fraction of sp³-hybridized carbons (Fsp3) is 0.176.